The highest BCUT2D eigenvalue weighted by Gasteiger charge is 2.09. The second kappa shape index (κ2) is 10.1. The van der Waals surface area contributed by atoms with Crippen LogP contribution < -0.4 is 5.32 Å². The number of aryl methyl sites for hydroxylation is 1. The van der Waals surface area contributed by atoms with Gasteiger partial charge >= 0.3 is 0 Å². The first-order chi connectivity index (χ1) is 13.5. The number of nitrogens with one attached hydrogen (secondary N) is 1. The van der Waals surface area contributed by atoms with Gasteiger partial charge in [0.2, 0.25) is 5.91 Å². The molecule has 2 heterocycles. The molecule has 0 radical (unpaired) electrons. The van der Waals surface area contributed by atoms with Gasteiger partial charge < -0.3 is 9.84 Å². The number of amides is 1. The van der Waals surface area contributed by atoms with E-state index in [1.165, 1.54) is 22.9 Å². The molecule has 1 N–H and O–H groups in total. The first kappa shape index (κ1) is 20.9. The van der Waals surface area contributed by atoms with Crippen molar-refractivity contribution in [2.75, 3.05) is 11.1 Å². The number of carbonyl (C=O) groups excluding carboxylic acids is 1. The first-order valence-corrected chi connectivity index (χ1v) is 11.7. The molecule has 0 spiro atoms. The second-order valence-corrected chi connectivity index (χ2v) is 10.0. The Kier molecular flexibility index (Phi) is 7.52. The number of hydrogen-bond acceptors (Lipinski definition) is 8. The highest BCUT2D eigenvalue weighted by Crippen LogP contribution is 2.31. The zero-order valence-corrected chi connectivity index (χ0v) is 18.4. The van der Waals surface area contributed by atoms with Crippen molar-refractivity contribution in [3.8, 4) is 0 Å². The summed E-state index contributed by atoms with van der Waals surface area (Å²) in [5.74, 6) is 3.08. The van der Waals surface area contributed by atoms with Gasteiger partial charge in [0.1, 0.15) is 5.76 Å². The van der Waals surface area contributed by atoms with Crippen molar-refractivity contribution in [1.82, 2.24) is 15.4 Å². The molecule has 6 nitrogen and oxygen atoms in total. The van der Waals surface area contributed by atoms with Gasteiger partial charge in [-0.05, 0) is 24.0 Å². The lowest BCUT2D eigenvalue weighted by molar-refractivity contribution is -0.115. The summed E-state index contributed by atoms with van der Waals surface area (Å²) in [6, 6.07) is 10.4. The average Bonchev–Trinajstić information content (AvgIpc) is 3.29. The molecule has 0 saturated carbocycles. The molecule has 0 fully saturated rings. The molecule has 0 aliphatic rings. The van der Waals surface area contributed by atoms with E-state index in [4.69, 9.17) is 4.52 Å². The Bertz CT molecular complexity index is 906. The molecule has 28 heavy (non-hydrogen) atoms. The van der Waals surface area contributed by atoms with Gasteiger partial charge in [0.15, 0.2) is 14.5 Å². The summed E-state index contributed by atoms with van der Waals surface area (Å²) in [5.41, 5.74) is 2.63. The number of thioether (sulfide) groups is 2. The molecule has 0 bridgehead atoms. The summed E-state index contributed by atoms with van der Waals surface area (Å²) >= 11 is 4.79. The van der Waals surface area contributed by atoms with Crippen molar-refractivity contribution in [1.29, 1.82) is 0 Å². The van der Waals surface area contributed by atoms with Crippen molar-refractivity contribution >= 4 is 46.6 Å². The van der Waals surface area contributed by atoms with Gasteiger partial charge in [-0.1, -0.05) is 78.1 Å². The second-order valence-electron chi connectivity index (χ2n) is 6.49. The van der Waals surface area contributed by atoms with E-state index in [0.717, 1.165) is 14.4 Å². The highest BCUT2D eigenvalue weighted by atomic mass is 32.2. The first-order valence-electron chi connectivity index (χ1n) is 8.90. The molecule has 0 saturated heterocycles. The molecule has 3 rings (SSSR count). The van der Waals surface area contributed by atoms with Gasteiger partial charge in [-0.3, -0.25) is 4.79 Å². The largest absolute Gasteiger partial charge is 0.360 e. The molecule has 3 aromatic rings. The number of nitrogens with zero attached hydrogens (tertiary/aromatic N) is 3. The van der Waals surface area contributed by atoms with Crippen LogP contribution in [-0.4, -0.2) is 27.0 Å². The molecule has 2 aromatic heterocycles. The fourth-order valence-electron chi connectivity index (χ4n) is 2.32. The third-order valence-electron chi connectivity index (χ3n) is 3.85. The third kappa shape index (κ3) is 6.35. The van der Waals surface area contributed by atoms with Gasteiger partial charge in [-0.15, -0.1) is 10.2 Å². The van der Waals surface area contributed by atoms with Crippen LogP contribution in [0.1, 0.15) is 43.1 Å². The van der Waals surface area contributed by atoms with E-state index in [9.17, 15) is 4.79 Å². The Hall–Kier alpha value is -1.84. The van der Waals surface area contributed by atoms with Crippen molar-refractivity contribution in [3.05, 3.63) is 47.2 Å². The van der Waals surface area contributed by atoms with Crippen molar-refractivity contribution in [2.24, 2.45) is 0 Å². The van der Waals surface area contributed by atoms with E-state index in [0.29, 0.717) is 29.7 Å². The normalized spacial score (nSPS) is 11.1. The van der Waals surface area contributed by atoms with E-state index in [-0.39, 0.29) is 5.91 Å². The van der Waals surface area contributed by atoms with E-state index < -0.39 is 0 Å². The smallest absolute Gasteiger partial charge is 0.226 e. The van der Waals surface area contributed by atoms with Crippen LogP contribution in [0.15, 0.2) is 43.5 Å². The molecule has 0 atom stereocenters. The summed E-state index contributed by atoms with van der Waals surface area (Å²) in [6.07, 6.45) is 0.376. The van der Waals surface area contributed by atoms with Crippen LogP contribution in [0.25, 0.3) is 0 Å². The molecule has 1 aromatic carbocycles. The van der Waals surface area contributed by atoms with Gasteiger partial charge in [0.25, 0.3) is 0 Å². The molecule has 148 valence electrons. The van der Waals surface area contributed by atoms with Crippen LogP contribution in [0.3, 0.4) is 0 Å². The van der Waals surface area contributed by atoms with E-state index in [2.05, 4.69) is 58.8 Å². The van der Waals surface area contributed by atoms with E-state index >= 15 is 0 Å². The van der Waals surface area contributed by atoms with Crippen LogP contribution >= 0.6 is 34.9 Å². The molecule has 0 unspecified atom stereocenters. The van der Waals surface area contributed by atoms with Gasteiger partial charge in [-0.25, -0.2) is 0 Å². The summed E-state index contributed by atoms with van der Waals surface area (Å²) < 4.78 is 6.74. The molecular weight excluding hydrogens is 412 g/mol. The number of hydrogen-bond donors (Lipinski definition) is 1. The fourth-order valence-corrected chi connectivity index (χ4v) is 5.30. The predicted octanol–water partition coefficient (Wildman–Crippen LogP) is 5.37. The van der Waals surface area contributed by atoms with Gasteiger partial charge in [-0.2, -0.15) is 0 Å². The topological polar surface area (TPSA) is 80.9 Å². The summed E-state index contributed by atoms with van der Waals surface area (Å²) in [4.78, 5) is 11.9. The lowest BCUT2D eigenvalue weighted by Gasteiger charge is -2.05. The van der Waals surface area contributed by atoms with Crippen molar-refractivity contribution in [2.45, 2.75) is 47.5 Å². The summed E-state index contributed by atoms with van der Waals surface area (Å²) in [7, 11) is 0. The minimum atomic E-state index is -0.0928. The Balaban J connectivity index is 1.39. The van der Waals surface area contributed by atoms with Crippen LogP contribution in [0.2, 0.25) is 0 Å². The maximum atomic E-state index is 11.9. The van der Waals surface area contributed by atoms with Crippen molar-refractivity contribution in [3.63, 3.8) is 0 Å². The zero-order chi connectivity index (χ0) is 19.9. The maximum absolute atomic E-state index is 11.9. The average molecular weight is 435 g/mol. The Morgan fingerprint density at radius 3 is 2.54 bits per heavy atom. The minimum Gasteiger partial charge on any atom is -0.360 e. The molecule has 9 heteroatoms. The number of rotatable bonds is 9. The molecule has 0 aliphatic carbocycles. The predicted molar refractivity (Wildman–Crippen MR) is 115 cm³/mol. The van der Waals surface area contributed by atoms with Crippen LogP contribution in [0.5, 0.6) is 0 Å². The lowest BCUT2D eigenvalue weighted by atomic mass is 10.0. The fraction of sp³-hybridized carbons (Fsp3) is 0.368. The molecule has 1 amide bonds. The Morgan fingerprint density at radius 2 is 1.89 bits per heavy atom. The Labute approximate surface area is 176 Å². The Morgan fingerprint density at radius 1 is 1.18 bits per heavy atom. The van der Waals surface area contributed by atoms with Gasteiger partial charge in [0.05, 0.1) is 0 Å². The van der Waals surface area contributed by atoms with Crippen LogP contribution in [0, 0.1) is 6.92 Å². The molecular formula is C19H22N4O2S3. The number of carbonyl (C=O) groups is 1. The number of anilines is 1. The minimum absolute atomic E-state index is 0.0928. The number of benzene rings is 1. The van der Waals surface area contributed by atoms with E-state index in [1.807, 2.05) is 0 Å². The van der Waals surface area contributed by atoms with Gasteiger partial charge in [0, 0.05) is 24.0 Å². The van der Waals surface area contributed by atoms with Crippen LogP contribution in [0.4, 0.5) is 5.82 Å². The molecule has 0 aliphatic heterocycles. The summed E-state index contributed by atoms with van der Waals surface area (Å²) in [6.45, 7) is 6.18. The highest BCUT2D eigenvalue weighted by molar-refractivity contribution is 8.02. The standard InChI is InChI=1S/C19H22N4O2S3/c1-12(2)15-6-4-14(5-7-15)11-27-19-22-21-18(28-19)26-9-8-17(24)20-16-10-13(3)25-23-16/h4-7,10,12H,8-9,11H2,1-3H3,(H,20,23,24). The SMILES string of the molecule is Cc1cc(NC(=O)CCSc2nnc(SCc3ccc(C(C)C)cc3)s2)no1. The zero-order valence-electron chi connectivity index (χ0n) is 16.0. The maximum Gasteiger partial charge on any atom is 0.226 e. The number of aromatic nitrogens is 3. The monoisotopic (exact) mass is 434 g/mol. The lowest BCUT2D eigenvalue weighted by Crippen LogP contribution is -2.12. The van der Waals surface area contributed by atoms with E-state index in [1.54, 1.807) is 36.1 Å². The van der Waals surface area contributed by atoms with Crippen molar-refractivity contribution < 1.29 is 9.32 Å². The quantitative estimate of drug-likeness (QED) is 0.453. The third-order valence-corrected chi connectivity index (χ3v) is 7.11. The van der Waals surface area contributed by atoms with Crippen LogP contribution in [-0.2, 0) is 10.5 Å². The summed E-state index contributed by atoms with van der Waals surface area (Å²) in [5, 5.41) is 14.9.